The van der Waals surface area contributed by atoms with Crippen molar-refractivity contribution in [1.82, 2.24) is 20.1 Å². The van der Waals surface area contributed by atoms with E-state index in [0.29, 0.717) is 22.3 Å². The minimum atomic E-state index is -0.477. The van der Waals surface area contributed by atoms with Crippen LogP contribution >= 0.6 is 31.8 Å². The summed E-state index contributed by atoms with van der Waals surface area (Å²) in [6.45, 7) is 4.03. The van der Waals surface area contributed by atoms with Gasteiger partial charge in [-0.05, 0) is 61.2 Å². The summed E-state index contributed by atoms with van der Waals surface area (Å²) >= 11 is 12.5. The molecule has 4 rings (SSSR count). The molecule has 0 aliphatic carbocycles. The first-order valence-electron chi connectivity index (χ1n) is 9.85. The molecule has 30 heavy (non-hydrogen) atoms. The van der Waals surface area contributed by atoms with Crippen LogP contribution in [0.2, 0.25) is 10.0 Å². The fraction of sp³-hybridized carbons (Fsp3) is 0.333. The Kier molecular flexibility index (Phi) is 6.59. The van der Waals surface area contributed by atoms with E-state index >= 15 is 0 Å². The summed E-state index contributed by atoms with van der Waals surface area (Å²) in [5.41, 5.74) is 8.71. The second kappa shape index (κ2) is 9.19. The fourth-order valence-electron chi connectivity index (χ4n) is 3.79. The van der Waals surface area contributed by atoms with E-state index in [1.54, 1.807) is 6.20 Å². The Bertz CT molecular complexity index is 1050. The van der Waals surface area contributed by atoms with Gasteiger partial charge in [-0.2, -0.15) is 5.10 Å². The number of nitrogens with two attached hydrogens (primary N) is 1. The molecule has 5 nitrogen and oxygen atoms in total. The van der Waals surface area contributed by atoms with Crippen LogP contribution in [0, 0.1) is 5.82 Å². The van der Waals surface area contributed by atoms with E-state index in [4.69, 9.17) is 28.9 Å². The van der Waals surface area contributed by atoms with Crippen LogP contribution < -0.4 is 16.4 Å². The highest BCUT2D eigenvalue weighted by Crippen LogP contribution is 2.42. The van der Waals surface area contributed by atoms with Gasteiger partial charge in [-0.15, -0.1) is 0 Å². The number of halogens is 3. The zero-order valence-electron chi connectivity index (χ0n) is 16.5. The summed E-state index contributed by atoms with van der Waals surface area (Å²) in [7, 11) is 0.224. The molecule has 0 radical (unpaired) electrons. The summed E-state index contributed by atoms with van der Waals surface area (Å²) < 4.78 is 15.8. The van der Waals surface area contributed by atoms with Crippen molar-refractivity contribution in [1.29, 1.82) is 0 Å². The van der Waals surface area contributed by atoms with Crippen molar-refractivity contribution in [3.63, 3.8) is 0 Å². The number of nitrogens with one attached hydrogen (secondary N) is 1. The molecule has 2 atom stereocenters. The van der Waals surface area contributed by atoms with E-state index in [-0.39, 0.29) is 19.3 Å². The third kappa shape index (κ3) is 4.47. The number of rotatable bonds is 5. The van der Waals surface area contributed by atoms with Gasteiger partial charge in [0.05, 0.1) is 23.1 Å². The summed E-state index contributed by atoms with van der Waals surface area (Å²) in [6, 6.07) is 4.79. The van der Waals surface area contributed by atoms with Crippen molar-refractivity contribution < 1.29 is 4.39 Å². The maximum absolute atomic E-state index is 13.9. The average molecular weight is 466 g/mol. The number of benzene rings is 1. The Morgan fingerprint density at radius 1 is 1.27 bits per heavy atom. The number of aromatic nitrogens is 3. The zero-order chi connectivity index (χ0) is 21.3. The van der Waals surface area contributed by atoms with Gasteiger partial charge in [-0.3, -0.25) is 0 Å². The number of hydrogen-bond acceptors (Lipinski definition) is 4. The maximum Gasteiger partial charge on any atom is 0.142 e. The largest absolute Gasteiger partial charge is 0.383 e. The summed E-state index contributed by atoms with van der Waals surface area (Å²) in [4.78, 5) is 4.36. The molecule has 2 aromatic heterocycles. The van der Waals surface area contributed by atoms with Gasteiger partial charge in [-0.1, -0.05) is 38.7 Å². The molecule has 2 unspecified atom stereocenters. The van der Waals surface area contributed by atoms with E-state index < -0.39 is 5.82 Å². The van der Waals surface area contributed by atoms with E-state index in [1.807, 2.05) is 23.9 Å². The Morgan fingerprint density at radius 2 is 2.03 bits per heavy atom. The van der Waals surface area contributed by atoms with Crippen molar-refractivity contribution in [2.24, 2.45) is 0 Å². The van der Waals surface area contributed by atoms with Gasteiger partial charge in [0, 0.05) is 22.2 Å². The monoisotopic (exact) mass is 465 g/mol. The van der Waals surface area contributed by atoms with Crippen LogP contribution in [0.3, 0.4) is 0 Å². The number of anilines is 1. The molecular weight excluding hydrogens is 443 g/mol. The molecule has 3 aromatic rings. The van der Waals surface area contributed by atoms with Crippen molar-refractivity contribution in [2.75, 3.05) is 18.8 Å². The van der Waals surface area contributed by atoms with E-state index in [9.17, 15) is 4.39 Å². The first kappa shape index (κ1) is 21.5. The van der Waals surface area contributed by atoms with Gasteiger partial charge in [-0.25, -0.2) is 14.1 Å². The SMILES string of the molecule is CC(Pc1cc(-n2cc(C3CCNCC3)cn2)cnc1N)c1c(Cl)ccc(F)c1Cl. The number of pyridine rings is 1. The van der Waals surface area contributed by atoms with Gasteiger partial charge in [0.1, 0.15) is 11.6 Å². The van der Waals surface area contributed by atoms with Crippen LogP contribution in [-0.4, -0.2) is 27.9 Å². The van der Waals surface area contributed by atoms with Crippen molar-refractivity contribution in [3.05, 3.63) is 63.8 Å². The van der Waals surface area contributed by atoms with Crippen LogP contribution in [0.4, 0.5) is 10.2 Å². The lowest BCUT2D eigenvalue weighted by atomic mass is 9.93. The molecular formula is C21H23Cl2FN5P. The van der Waals surface area contributed by atoms with E-state index in [2.05, 4.69) is 21.6 Å². The lowest BCUT2D eigenvalue weighted by Gasteiger charge is -2.21. The third-order valence-electron chi connectivity index (χ3n) is 5.47. The minimum Gasteiger partial charge on any atom is -0.383 e. The molecule has 0 amide bonds. The Morgan fingerprint density at radius 3 is 2.80 bits per heavy atom. The second-order valence-electron chi connectivity index (χ2n) is 7.49. The lowest BCUT2D eigenvalue weighted by Crippen LogP contribution is -2.26. The predicted molar refractivity (Wildman–Crippen MR) is 123 cm³/mol. The zero-order valence-corrected chi connectivity index (χ0v) is 19.0. The predicted octanol–water partition coefficient (Wildman–Crippen LogP) is 4.83. The first-order valence-corrected chi connectivity index (χ1v) is 11.7. The van der Waals surface area contributed by atoms with Crippen molar-refractivity contribution in [3.8, 4) is 5.69 Å². The normalized spacial score (nSPS) is 16.4. The highest BCUT2D eigenvalue weighted by Gasteiger charge is 2.20. The van der Waals surface area contributed by atoms with Crippen LogP contribution in [0.15, 0.2) is 36.8 Å². The fourth-order valence-corrected chi connectivity index (χ4v) is 6.03. The lowest BCUT2D eigenvalue weighted by molar-refractivity contribution is 0.460. The molecule has 1 saturated heterocycles. The van der Waals surface area contributed by atoms with Gasteiger partial charge >= 0.3 is 0 Å². The molecule has 1 aliphatic rings. The molecule has 3 heterocycles. The maximum atomic E-state index is 13.9. The summed E-state index contributed by atoms with van der Waals surface area (Å²) in [5.74, 6) is 0.494. The average Bonchev–Trinajstić information content (AvgIpc) is 3.24. The van der Waals surface area contributed by atoms with Gasteiger partial charge in [0.15, 0.2) is 0 Å². The molecule has 0 bridgehead atoms. The Labute approximate surface area is 186 Å². The molecule has 0 spiro atoms. The van der Waals surface area contributed by atoms with Crippen LogP contribution in [0.5, 0.6) is 0 Å². The van der Waals surface area contributed by atoms with Crippen LogP contribution in [-0.2, 0) is 0 Å². The van der Waals surface area contributed by atoms with Gasteiger partial charge in [0.25, 0.3) is 0 Å². The standard InChI is InChI=1S/C21H23Cl2FN5P/c1-12(19-16(22)2-3-17(24)20(19)23)30-18-8-15(10-27-21(18)25)29-11-14(9-28-29)13-4-6-26-7-5-13/h2-3,8-13,26,30H,4-7H2,1H3,(H2,25,27). The molecule has 1 aromatic carbocycles. The van der Waals surface area contributed by atoms with E-state index in [1.165, 1.54) is 17.7 Å². The number of piperidine rings is 1. The Balaban J connectivity index is 1.58. The van der Waals surface area contributed by atoms with Crippen molar-refractivity contribution in [2.45, 2.75) is 31.3 Å². The van der Waals surface area contributed by atoms with E-state index in [0.717, 1.165) is 36.9 Å². The summed E-state index contributed by atoms with van der Waals surface area (Å²) in [5, 5.41) is 9.30. The topological polar surface area (TPSA) is 68.8 Å². The smallest absolute Gasteiger partial charge is 0.142 e. The highest BCUT2D eigenvalue weighted by atomic mass is 35.5. The van der Waals surface area contributed by atoms with Crippen LogP contribution in [0.1, 0.15) is 42.5 Å². The molecule has 3 N–H and O–H groups in total. The van der Waals surface area contributed by atoms with Gasteiger partial charge < -0.3 is 11.1 Å². The van der Waals surface area contributed by atoms with Gasteiger partial charge in [0.2, 0.25) is 0 Å². The quantitative estimate of drug-likeness (QED) is 0.418. The minimum absolute atomic E-state index is 0.0591. The van der Waals surface area contributed by atoms with Crippen LogP contribution in [0.25, 0.3) is 5.69 Å². The second-order valence-corrected chi connectivity index (χ2v) is 9.97. The molecule has 9 heteroatoms. The van der Waals surface area contributed by atoms with Crippen molar-refractivity contribution >= 4 is 42.9 Å². The molecule has 1 fully saturated rings. The highest BCUT2D eigenvalue weighted by molar-refractivity contribution is 7.48. The number of nitrogen functional groups attached to an aromatic ring is 1. The molecule has 0 saturated carbocycles. The number of hydrogen-bond donors (Lipinski definition) is 2. The first-order chi connectivity index (χ1) is 14.4. The third-order valence-corrected chi connectivity index (χ3v) is 7.61. The molecule has 1 aliphatic heterocycles. The Hall–Kier alpha value is -1.72. The number of nitrogens with zero attached hydrogens (tertiary/aromatic N) is 3. The molecule has 158 valence electrons. The summed E-state index contributed by atoms with van der Waals surface area (Å²) in [6.07, 6.45) is 7.95.